The van der Waals surface area contributed by atoms with Gasteiger partial charge in [-0.1, -0.05) is 6.92 Å². The molecule has 0 saturated carbocycles. The molecule has 1 heterocycles. The zero-order valence-electron chi connectivity index (χ0n) is 15.0. The molecule has 0 saturated heterocycles. The number of nitrogens with one attached hydrogen (secondary N) is 1. The van der Waals surface area contributed by atoms with Crippen molar-refractivity contribution in [2.24, 2.45) is 11.4 Å². The minimum Gasteiger partial charge on any atom is -0.507 e. The molecule has 0 radical (unpaired) electrons. The SMILES string of the molecule is CC/C(C)=C(\NC(=O)c1c(O)cc(C)n(C)c1=O)SN=C(C)C(F)(F)F. The van der Waals surface area contributed by atoms with Crippen LogP contribution in [0, 0.1) is 6.92 Å². The summed E-state index contributed by atoms with van der Waals surface area (Å²) in [5.41, 5.74) is -1.24. The van der Waals surface area contributed by atoms with E-state index in [9.17, 15) is 27.9 Å². The van der Waals surface area contributed by atoms with E-state index in [4.69, 9.17) is 0 Å². The fraction of sp³-hybridized carbons (Fsp3) is 0.438. The molecule has 1 aromatic rings. The van der Waals surface area contributed by atoms with Crippen LogP contribution in [0.5, 0.6) is 5.75 Å². The molecular weight excluding hydrogens is 371 g/mol. The number of alkyl halides is 3. The average molecular weight is 391 g/mol. The molecule has 0 unspecified atom stereocenters. The number of hydrogen-bond acceptors (Lipinski definition) is 5. The normalized spacial score (nSPS) is 13.5. The monoisotopic (exact) mass is 391 g/mol. The molecule has 1 aromatic heterocycles. The largest absolute Gasteiger partial charge is 0.507 e. The van der Waals surface area contributed by atoms with Gasteiger partial charge in [-0.15, -0.1) is 0 Å². The van der Waals surface area contributed by atoms with Crippen molar-refractivity contribution in [2.45, 2.75) is 40.3 Å². The van der Waals surface area contributed by atoms with Gasteiger partial charge in [0.1, 0.15) is 17.0 Å². The molecule has 6 nitrogen and oxygen atoms in total. The van der Waals surface area contributed by atoms with Gasteiger partial charge in [-0.25, -0.2) is 4.40 Å². The minimum absolute atomic E-state index is 0.0723. The lowest BCUT2D eigenvalue weighted by atomic mass is 10.2. The summed E-state index contributed by atoms with van der Waals surface area (Å²) in [6.07, 6.45) is -4.13. The van der Waals surface area contributed by atoms with Crippen LogP contribution < -0.4 is 10.9 Å². The van der Waals surface area contributed by atoms with E-state index in [1.807, 2.05) is 0 Å². The van der Waals surface area contributed by atoms with Crippen molar-refractivity contribution < 1.29 is 23.1 Å². The predicted molar refractivity (Wildman–Crippen MR) is 95.3 cm³/mol. The maximum Gasteiger partial charge on any atom is 0.429 e. The zero-order chi connectivity index (χ0) is 20.2. The van der Waals surface area contributed by atoms with Gasteiger partial charge in [-0.3, -0.25) is 9.59 Å². The smallest absolute Gasteiger partial charge is 0.429 e. The number of aromatic hydroxyl groups is 1. The van der Waals surface area contributed by atoms with Crippen LogP contribution in [0.3, 0.4) is 0 Å². The summed E-state index contributed by atoms with van der Waals surface area (Å²) in [7, 11) is 1.44. The number of halogens is 3. The van der Waals surface area contributed by atoms with E-state index in [1.165, 1.54) is 17.7 Å². The van der Waals surface area contributed by atoms with E-state index in [0.29, 0.717) is 29.6 Å². The van der Waals surface area contributed by atoms with Crippen molar-refractivity contribution >= 4 is 23.6 Å². The third-order valence-corrected chi connectivity index (χ3v) is 4.70. The first-order valence-electron chi connectivity index (χ1n) is 7.59. The van der Waals surface area contributed by atoms with Crippen LogP contribution in [0.4, 0.5) is 13.2 Å². The third-order valence-electron chi connectivity index (χ3n) is 3.71. The quantitative estimate of drug-likeness (QED) is 0.595. The molecular formula is C16H20F3N3O3S. The van der Waals surface area contributed by atoms with Crippen molar-refractivity contribution in [1.82, 2.24) is 9.88 Å². The Bertz CT molecular complexity index is 826. The third kappa shape index (κ3) is 5.13. The Labute approximate surface area is 153 Å². The number of nitrogens with zero attached hydrogens (tertiary/aromatic N) is 2. The number of aryl methyl sites for hydroxylation is 1. The Hall–Kier alpha value is -2.23. The Morgan fingerprint density at radius 2 is 1.96 bits per heavy atom. The molecule has 0 aliphatic carbocycles. The van der Waals surface area contributed by atoms with Crippen molar-refractivity contribution in [3.8, 4) is 5.75 Å². The van der Waals surface area contributed by atoms with Crippen LogP contribution in [0.1, 0.15) is 43.2 Å². The van der Waals surface area contributed by atoms with Crippen LogP contribution in [0.25, 0.3) is 0 Å². The highest BCUT2D eigenvalue weighted by Gasteiger charge is 2.32. The van der Waals surface area contributed by atoms with Gasteiger partial charge in [0.05, 0.1) is 5.03 Å². The van der Waals surface area contributed by atoms with Gasteiger partial charge in [0.2, 0.25) is 0 Å². The van der Waals surface area contributed by atoms with Crippen molar-refractivity contribution in [3.05, 3.63) is 38.3 Å². The van der Waals surface area contributed by atoms with Crippen molar-refractivity contribution in [1.29, 1.82) is 0 Å². The van der Waals surface area contributed by atoms with Crippen LogP contribution in [-0.2, 0) is 7.05 Å². The van der Waals surface area contributed by atoms with Crippen LogP contribution in [-0.4, -0.2) is 27.5 Å². The molecule has 0 aliphatic rings. The molecule has 0 fully saturated rings. The van der Waals surface area contributed by atoms with Crippen LogP contribution in [0.15, 0.2) is 25.9 Å². The summed E-state index contributed by atoms with van der Waals surface area (Å²) in [6.45, 7) is 5.77. The first kappa shape index (κ1) is 21.8. The number of amides is 1. The molecule has 0 aliphatic heterocycles. The molecule has 10 heteroatoms. The maximum atomic E-state index is 12.6. The molecule has 2 N–H and O–H groups in total. The molecule has 0 bridgehead atoms. The van der Waals surface area contributed by atoms with Gasteiger partial charge >= 0.3 is 6.18 Å². The molecule has 0 aromatic carbocycles. The Morgan fingerprint density at radius 1 is 1.38 bits per heavy atom. The van der Waals surface area contributed by atoms with E-state index in [1.54, 1.807) is 20.8 Å². The number of carbonyl (C=O) groups is 1. The molecule has 0 atom stereocenters. The Kier molecular flexibility index (Phi) is 7.08. The topological polar surface area (TPSA) is 83.7 Å². The number of hydrogen-bond donors (Lipinski definition) is 2. The first-order chi connectivity index (χ1) is 11.9. The summed E-state index contributed by atoms with van der Waals surface area (Å²) in [5, 5.41) is 12.4. The summed E-state index contributed by atoms with van der Waals surface area (Å²) >= 11 is 0.456. The second-order valence-electron chi connectivity index (χ2n) is 5.59. The first-order valence-corrected chi connectivity index (χ1v) is 8.36. The summed E-state index contributed by atoms with van der Waals surface area (Å²) in [5.74, 6) is -1.42. The molecule has 0 spiro atoms. The lowest BCUT2D eigenvalue weighted by Crippen LogP contribution is -2.32. The number of pyridine rings is 1. The highest BCUT2D eigenvalue weighted by Crippen LogP contribution is 2.26. The van der Waals surface area contributed by atoms with Crippen molar-refractivity contribution in [2.75, 3.05) is 0 Å². The minimum atomic E-state index is -4.58. The van der Waals surface area contributed by atoms with Crippen LogP contribution in [0.2, 0.25) is 0 Å². The summed E-state index contributed by atoms with van der Waals surface area (Å²) in [4.78, 5) is 24.6. The fourth-order valence-electron chi connectivity index (χ4n) is 1.72. The van der Waals surface area contributed by atoms with E-state index < -0.39 is 34.7 Å². The summed E-state index contributed by atoms with van der Waals surface area (Å²) < 4.78 is 42.3. The lowest BCUT2D eigenvalue weighted by molar-refractivity contribution is -0.0589. The Balaban J connectivity index is 3.22. The molecule has 1 amide bonds. The summed E-state index contributed by atoms with van der Waals surface area (Å²) in [6, 6.07) is 1.26. The highest BCUT2D eigenvalue weighted by atomic mass is 32.2. The van der Waals surface area contributed by atoms with E-state index in [-0.39, 0.29) is 5.03 Å². The van der Waals surface area contributed by atoms with Crippen LogP contribution >= 0.6 is 11.9 Å². The number of allylic oxidation sites excluding steroid dienone is 1. The maximum absolute atomic E-state index is 12.6. The van der Waals surface area contributed by atoms with Gasteiger partial charge < -0.3 is 15.0 Å². The van der Waals surface area contributed by atoms with Gasteiger partial charge in [-0.05, 0) is 32.8 Å². The lowest BCUT2D eigenvalue weighted by Gasteiger charge is -2.13. The van der Waals surface area contributed by atoms with Gasteiger partial charge in [-0.2, -0.15) is 13.2 Å². The highest BCUT2D eigenvalue weighted by molar-refractivity contribution is 8.02. The second-order valence-corrected chi connectivity index (χ2v) is 6.37. The molecule has 144 valence electrons. The zero-order valence-corrected chi connectivity index (χ0v) is 15.8. The Morgan fingerprint density at radius 3 is 2.46 bits per heavy atom. The van der Waals surface area contributed by atoms with Gasteiger partial charge in [0.15, 0.2) is 0 Å². The fourth-order valence-corrected chi connectivity index (χ4v) is 2.49. The number of carbonyl (C=O) groups excluding carboxylic acids is 1. The number of rotatable bonds is 5. The van der Waals surface area contributed by atoms with E-state index in [2.05, 4.69) is 9.71 Å². The predicted octanol–water partition coefficient (Wildman–Crippen LogP) is 3.44. The standard InChI is InChI=1S/C16H20F3N3O3S/c1-6-8(2)14(26-21-10(4)16(17,18)19)20-13(24)12-11(23)7-9(3)22(5)15(12)25/h7,23H,6H2,1-5H3,(H,20,24)/b14-8+,21-10?. The molecule has 1 rings (SSSR count). The second kappa shape index (κ2) is 8.43. The average Bonchev–Trinajstić information content (AvgIpc) is 2.54. The van der Waals surface area contributed by atoms with Gasteiger partial charge in [0, 0.05) is 30.8 Å². The van der Waals surface area contributed by atoms with Crippen molar-refractivity contribution in [3.63, 3.8) is 0 Å². The van der Waals surface area contributed by atoms with E-state index in [0.717, 1.165) is 6.92 Å². The molecule has 26 heavy (non-hydrogen) atoms. The van der Waals surface area contributed by atoms with Gasteiger partial charge in [0.25, 0.3) is 11.5 Å². The number of aromatic nitrogens is 1. The van der Waals surface area contributed by atoms with E-state index >= 15 is 0 Å².